The van der Waals surface area contributed by atoms with Crippen molar-refractivity contribution in [1.29, 1.82) is 0 Å². The third kappa shape index (κ3) is 1.64. The van der Waals surface area contributed by atoms with Gasteiger partial charge in [0.05, 0.1) is 0 Å². The molecule has 0 fully saturated rings. The number of fused-ring (bicyclic) bond motifs is 1. The summed E-state index contributed by atoms with van der Waals surface area (Å²) in [5, 5.41) is 0.280. The van der Waals surface area contributed by atoms with E-state index in [1.807, 2.05) is 13.8 Å². The van der Waals surface area contributed by atoms with Crippen LogP contribution in [0.4, 0.5) is 13.2 Å². The molecule has 1 heterocycles. The largest absolute Gasteiger partial charge is 0.253 e. The summed E-state index contributed by atoms with van der Waals surface area (Å²) < 4.78 is 39.2. The fraction of sp³-hybridized carbons (Fsp3) is 0.250. The van der Waals surface area contributed by atoms with Crippen LogP contribution in [0.1, 0.15) is 25.3 Å². The molecule has 0 saturated carbocycles. The summed E-state index contributed by atoms with van der Waals surface area (Å²) in [6.45, 7) is 3.89. The third-order valence-corrected chi connectivity index (χ3v) is 2.50. The Kier molecular flexibility index (Phi) is 2.58. The fourth-order valence-electron chi connectivity index (χ4n) is 1.52. The second-order valence-corrected chi connectivity index (χ2v) is 3.98. The first-order chi connectivity index (χ1) is 7.50. The van der Waals surface area contributed by atoms with E-state index in [-0.39, 0.29) is 16.8 Å². The Hall–Kier alpha value is -1.58. The van der Waals surface area contributed by atoms with Gasteiger partial charge in [0.2, 0.25) is 0 Å². The maximum absolute atomic E-state index is 13.3. The second kappa shape index (κ2) is 3.77. The van der Waals surface area contributed by atoms with Gasteiger partial charge in [-0.25, -0.2) is 13.2 Å². The minimum absolute atomic E-state index is 0.136. The summed E-state index contributed by atoms with van der Waals surface area (Å²) in [5.74, 6) is -3.69. The highest BCUT2D eigenvalue weighted by molar-refractivity contribution is 5.79. The molecular formula is C12H10F3N. The van der Waals surface area contributed by atoms with E-state index in [0.29, 0.717) is 0 Å². The van der Waals surface area contributed by atoms with Crippen molar-refractivity contribution in [3.8, 4) is 0 Å². The topological polar surface area (TPSA) is 12.9 Å². The van der Waals surface area contributed by atoms with E-state index in [1.54, 1.807) is 6.07 Å². The normalized spacial score (nSPS) is 11.4. The predicted molar refractivity (Wildman–Crippen MR) is 55.7 cm³/mol. The molecule has 16 heavy (non-hydrogen) atoms. The maximum atomic E-state index is 13.3. The van der Waals surface area contributed by atoms with Crippen molar-refractivity contribution in [3.63, 3.8) is 0 Å². The van der Waals surface area contributed by atoms with Gasteiger partial charge in [-0.3, -0.25) is 4.98 Å². The summed E-state index contributed by atoms with van der Waals surface area (Å²) in [6.07, 6.45) is 1.48. The standard InChI is InChI=1S/C12H10F3N/c1-6(2)8-3-7-4-9(13)10(14)11(15)12(7)16-5-8/h3-6H,1-2H3. The highest BCUT2D eigenvalue weighted by Gasteiger charge is 2.15. The van der Waals surface area contributed by atoms with E-state index in [1.165, 1.54) is 6.20 Å². The highest BCUT2D eigenvalue weighted by Crippen LogP contribution is 2.24. The van der Waals surface area contributed by atoms with Gasteiger partial charge in [0.15, 0.2) is 17.5 Å². The summed E-state index contributed by atoms with van der Waals surface area (Å²) in [5.41, 5.74) is 0.723. The molecule has 1 nitrogen and oxygen atoms in total. The molecule has 84 valence electrons. The summed E-state index contributed by atoms with van der Waals surface area (Å²) in [6, 6.07) is 2.59. The minimum atomic E-state index is -1.47. The van der Waals surface area contributed by atoms with Gasteiger partial charge in [0, 0.05) is 11.6 Å². The zero-order valence-electron chi connectivity index (χ0n) is 8.89. The number of rotatable bonds is 1. The van der Waals surface area contributed by atoms with Crippen LogP contribution in [0.15, 0.2) is 18.3 Å². The first-order valence-corrected chi connectivity index (χ1v) is 4.94. The number of nitrogens with zero attached hydrogens (tertiary/aromatic N) is 1. The first kappa shape index (κ1) is 10.9. The van der Waals surface area contributed by atoms with Gasteiger partial charge >= 0.3 is 0 Å². The van der Waals surface area contributed by atoms with Gasteiger partial charge in [0.25, 0.3) is 0 Å². The lowest BCUT2D eigenvalue weighted by Gasteiger charge is -2.07. The Morgan fingerprint density at radius 2 is 1.75 bits per heavy atom. The fourth-order valence-corrected chi connectivity index (χ4v) is 1.52. The molecule has 0 saturated heterocycles. The summed E-state index contributed by atoms with van der Waals surface area (Å²) in [7, 11) is 0. The van der Waals surface area contributed by atoms with Gasteiger partial charge in [-0.1, -0.05) is 13.8 Å². The van der Waals surface area contributed by atoms with Crippen molar-refractivity contribution in [3.05, 3.63) is 41.3 Å². The molecule has 0 bridgehead atoms. The van der Waals surface area contributed by atoms with Crippen molar-refractivity contribution >= 4 is 10.9 Å². The molecule has 4 heteroatoms. The lowest BCUT2D eigenvalue weighted by atomic mass is 10.0. The average molecular weight is 225 g/mol. The Bertz CT molecular complexity index is 549. The van der Waals surface area contributed by atoms with Crippen LogP contribution in [0.3, 0.4) is 0 Å². The Morgan fingerprint density at radius 3 is 2.38 bits per heavy atom. The van der Waals surface area contributed by atoms with Crippen LogP contribution in [0, 0.1) is 17.5 Å². The number of benzene rings is 1. The van der Waals surface area contributed by atoms with Crippen molar-refractivity contribution in [1.82, 2.24) is 4.98 Å². The van der Waals surface area contributed by atoms with E-state index in [4.69, 9.17) is 0 Å². The molecule has 0 amide bonds. The lowest BCUT2D eigenvalue weighted by Crippen LogP contribution is -1.96. The van der Waals surface area contributed by atoms with Crippen molar-refractivity contribution < 1.29 is 13.2 Å². The lowest BCUT2D eigenvalue weighted by molar-refractivity contribution is 0.452. The van der Waals surface area contributed by atoms with E-state index >= 15 is 0 Å². The van der Waals surface area contributed by atoms with Gasteiger partial charge in [-0.2, -0.15) is 0 Å². The number of hydrogen-bond acceptors (Lipinski definition) is 1. The smallest absolute Gasteiger partial charge is 0.196 e. The number of aromatic nitrogens is 1. The molecule has 0 aliphatic rings. The molecule has 0 unspecified atom stereocenters. The molecule has 2 rings (SSSR count). The Morgan fingerprint density at radius 1 is 1.06 bits per heavy atom. The molecule has 1 aromatic carbocycles. The monoisotopic (exact) mass is 225 g/mol. The maximum Gasteiger partial charge on any atom is 0.196 e. The third-order valence-electron chi connectivity index (χ3n) is 2.50. The average Bonchev–Trinajstić information content (AvgIpc) is 2.25. The SMILES string of the molecule is CC(C)c1cnc2c(F)c(F)c(F)cc2c1. The molecule has 0 aliphatic carbocycles. The van der Waals surface area contributed by atoms with Crippen molar-refractivity contribution in [2.75, 3.05) is 0 Å². The van der Waals surface area contributed by atoms with Gasteiger partial charge in [0.1, 0.15) is 5.52 Å². The Labute approximate surface area is 90.9 Å². The van der Waals surface area contributed by atoms with Crippen LogP contribution >= 0.6 is 0 Å². The Balaban J connectivity index is 2.76. The van der Waals surface area contributed by atoms with Gasteiger partial charge < -0.3 is 0 Å². The molecule has 0 atom stereocenters. The zero-order chi connectivity index (χ0) is 11.9. The van der Waals surface area contributed by atoms with Crippen LogP contribution in [0.5, 0.6) is 0 Å². The minimum Gasteiger partial charge on any atom is -0.253 e. The molecule has 0 spiro atoms. The number of halogens is 3. The van der Waals surface area contributed by atoms with Gasteiger partial charge in [-0.05, 0) is 23.6 Å². The van der Waals surface area contributed by atoms with Crippen LogP contribution in [0.25, 0.3) is 10.9 Å². The van der Waals surface area contributed by atoms with Crippen LogP contribution in [0.2, 0.25) is 0 Å². The second-order valence-electron chi connectivity index (χ2n) is 3.98. The van der Waals surface area contributed by atoms with Crippen LogP contribution in [-0.2, 0) is 0 Å². The quantitative estimate of drug-likeness (QED) is 0.673. The summed E-state index contributed by atoms with van der Waals surface area (Å²) >= 11 is 0. The zero-order valence-corrected chi connectivity index (χ0v) is 8.89. The summed E-state index contributed by atoms with van der Waals surface area (Å²) in [4.78, 5) is 3.82. The van der Waals surface area contributed by atoms with E-state index < -0.39 is 17.5 Å². The molecule has 0 N–H and O–H groups in total. The van der Waals surface area contributed by atoms with Gasteiger partial charge in [-0.15, -0.1) is 0 Å². The molecule has 2 aromatic rings. The van der Waals surface area contributed by atoms with Crippen molar-refractivity contribution in [2.45, 2.75) is 19.8 Å². The van der Waals surface area contributed by atoms with Crippen molar-refractivity contribution in [2.24, 2.45) is 0 Å². The van der Waals surface area contributed by atoms with Crippen LogP contribution < -0.4 is 0 Å². The van der Waals surface area contributed by atoms with Crippen LogP contribution in [-0.4, -0.2) is 4.98 Å². The van der Waals surface area contributed by atoms with E-state index in [9.17, 15) is 13.2 Å². The number of hydrogen-bond donors (Lipinski definition) is 0. The number of pyridine rings is 1. The highest BCUT2D eigenvalue weighted by atomic mass is 19.2. The van der Waals surface area contributed by atoms with E-state index in [0.717, 1.165) is 11.6 Å². The molecule has 0 radical (unpaired) electrons. The first-order valence-electron chi connectivity index (χ1n) is 4.94. The molecule has 0 aliphatic heterocycles. The predicted octanol–water partition coefficient (Wildman–Crippen LogP) is 3.78. The van der Waals surface area contributed by atoms with E-state index in [2.05, 4.69) is 4.98 Å². The molecule has 1 aromatic heterocycles. The molecular weight excluding hydrogens is 215 g/mol.